The van der Waals surface area contributed by atoms with Crippen LogP contribution in [-0.4, -0.2) is 71.0 Å². The van der Waals surface area contributed by atoms with Crippen molar-refractivity contribution < 1.29 is 33.5 Å². The molecule has 1 unspecified atom stereocenters. The van der Waals surface area contributed by atoms with Crippen molar-refractivity contribution >= 4 is 35.4 Å². The van der Waals surface area contributed by atoms with Gasteiger partial charge in [-0.25, -0.2) is 0 Å². The lowest BCUT2D eigenvalue weighted by Gasteiger charge is -2.31. The monoisotopic (exact) mass is 654 g/mol. The molecule has 2 aromatic carbocycles. The molecule has 1 saturated heterocycles. The van der Waals surface area contributed by atoms with Gasteiger partial charge in [-0.2, -0.15) is 0 Å². The number of benzene rings is 2. The zero-order valence-electron chi connectivity index (χ0n) is 27.8. The highest BCUT2D eigenvalue weighted by Crippen LogP contribution is 2.29. The summed E-state index contributed by atoms with van der Waals surface area (Å²) in [5, 5.41) is 5.07. The molecule has 0 aromatic heterocycles. The molecular weight excluding hydrogens is 612 g/mol. The third-order valence-electron chi connectivity index (χ3n) is 8.57. The van der Waals surface area contributed by atoms with Gasteiger partial charge in [-0.15, -0.1) is 0 Å². The molecule has 1 atom stereocenters. The van der Waals surface area contributed by atoms with Crippen molar-refractivity contribution in [2.24, 2.45) is 5.41 Å². The summed E-state index contributed by atoms with van der Waals surface area (Å²) in [6, 6.07) is 9.61. The topological polar surface area (TPSA) is 142 Å². The minimum Gasteiger partial charge on any atom is -0.484 e. The Morgan fingerprint density at radius 1 is 0.958 bits per heavy atom. The van der Waals surface area contributed by atoms with Crippen LogP contribution in [0.5, 0.6) is 5.75 Å². The predicted octanol–water partition coefficient (Wildman–Crippen LogP) is 3.52. The van der Waals surface area contributed by atoms with Crippen LogP contribution in [0.15, 0.2) is 36.4 Å². The van der Waals surface area contributed by atoms with Crippen LogP contribution in [-0.2, 0) is 32.1 Å². The number of rotatable bonds is 10. The summed E-state index contributed by atoms with van der Waals surface area (Å²) >= 11 is 0. The minimum absolute atomic E-state index is 0.0608. The van der Waals surface area contributed by atoms with Crippen molar-refractivity contribution in [1.29, 1.82) is 0 Å². The number of piperidine rings is 1. The molecule has 11 nitrogen and oxygen atoms in total. The van der Waals surface area contributed by atoms with Gasteiger partial charge in [-0.05, 0) is 72.6 Å². The number of unbranched alkanes of at least 4 members (excludes halogenated alkanes) is 3. The quantitative estimate of drug-likeness (QED) is 0.227. The zero-order valence-corrected chi connectivity index (χ0v) is 27.8. The van der Waals surface area contributed by atoms with E-state index in [1.807, 2.05) is 23.1 Å². The van der Waals surface area contributed by atoms with Gasteiger partial charge in [0.1, 0.15) is 11.8 Å². The Hall–Kier alpha value is -4.98. The highest BCUT2D eigenvalue weighted by molar-refractivity contribution is 6.23. The molecule has 0 radical (unpaired) electrons. The molecular formula is C37H42N4O7. The number of amides is 6. The van der Waals surface area contributed by atoms with E-state index >= 15 is 0 Å². The van der Waals surface area contributed by atoms with E-state index in [1.165, 1.54) is 5.56 Å². The maximum Gasteiger partial charge on any atom is 0.262 e. The van der Waals surface area contributed by atoms with Gasteiger partial charge < -0.3 is 15.0 Å². The van der Waals surface area contributed by atoms with E-state index in [2.05, 4.69) is 43.2 Å². The number of hydrogen-bond donors (Lipinski definition) is 2. The maximum atomic E-state index is 13.0. The zero-order chi connectivity index (χ0) is 34.4. The number of nitrogens with zero attached hydrogens (tertiary/aromatic N) is 2. The van der Waals surface area contributed by atoms with Crippen molar-refractivity contribution in [2.75, 3.05) is 19.7 Å². The van der Waals surface area contributed by atoms with Crippen molar-refractivity contribution in [3.05, 3.63) is 64.2 Å². The highest BCUT2D eigenvalue weighted by Gasteiger charge is 2.44. The van der Waals surface area contributed by atoms with Gasteiger partial charge in [0.05, 0.1) is 11.1 Å². The van der Waals surface area contributed by atoms with Gasteiger partial charge in [0.2, 0.25) is 17.7 Å². The second-order valence-electron chi connectivity index (χ2n) is 13.7. The van der Waals surface area contributed by atoms with Crippen molar-refractivity contribution in [2.45, 2.75) is 84.7 Å². The van der Waals surface area contributed by atoms with E-state index in [0.717, 1.165) is 36.1 Å². The average molecular weight is 655 g/mol. The van der Waals surface area contributed by atoms with E-state index in [0.29, 0.717) is 43.8 Å². The van der Waals surface area contributed by atoms with Gasteiger partial charge in [-0.3, -0.25) is 39.0 Å². The molecule has 3 aliphatic heterocycles. The molecule has 3 aliphatic rings. The fraction of sp³-hybridized carbons (Fsp3) is 0.459. The molecule has 0 saturated carbocycles. The van der Waals surface area contributed by atoms with Crippen LogP contribution < -0.4 is 15.4 Å². The van der Waals surface area contributed by atoms with E-state index in [1.54, 1.807) is 18.2 Å². The van der Waals surface area contributed by atoms with Gasteiger partial charge in [-0.1, -0.05) is 45.1 Å². The lowest BCUT2D eigenvalue weighted by Crippen LogP contribution is -2.54. The largest absolute Gasteiger partial charge is 0.484 e. The smallest absolute Gasteiger partial charge is 0.262 e. The molecule has 2 aromatic rings. The number of ether oxygens (including phenoxy) is 1. The summed E-state index contributed by atoms with van der Waals surface area (Å²) in [7, 11) is 0. The molecule has 11 heteroatoms. The molecule has 6 amide bonds. The van der Waals surface area contributed by atoms with Crippen LogP contribution in [0, 0.1) is 17.3 Å². The SMILES string of the molecule is CC(C)(C)CC(=O)N1CCc2ccc(OCC(=O)NCCCCCC#Cc3ccc4c(c3)C(=O)N(C3CCC(=O)NC3=O)C4=O)cc2C1. The summed E-state index contributed by atoms with van der Waals surface area (Å²) in [5.74, 6) is 4.54. The summed E-state index contributed by atoms with van der Waals surface area (Å²) < 4.78 is 5.74. The van der Waals surface area contributed by atoms with E-state index in [4.69, 9.17) is 4.74 Å². The Balaban J connectivity index is 0.992. The second-order valence-corrected chi connectivity index (χ2v) is 13.7. The van der Waals surface area contributed by atoms with Gasteiger partial charge in [0, 0.05) is 44.5 Å². The van der Waals surface area contributed by atoms with Crippen molar-refractivity contribution in [3.63, 3.8) is 0 Å². The fourth-order valence-electron chi connectivity index (χ4n) is 6.06. The molecule has 2 N–H and O–H groups in total. The van der Waals surface area contributed by atoms with E-state index in [-0.39, 0.29) is 47.8 Å². The molecule has 1 fully saturated rings. The first-order valence-electron chi connectivity index (χ1n) is 16.5. The number of carbonyl (C=O) groups excluding carboxylic acids is 6. The number of imide groups is 2. The Bertz CT molecular complexity index is 1700. The lowest BCUT2D eigenvalue weighted by atomic mass is 9.90. The highest BCUT2D eigenvalue weighted by atomic mass is 16.5. The predicted molar refractivity (Wildman–Crippen MR) is 177 cm³/mol. The Kier molecular flexibility index (Phi) is 10.6. The first-order valence-corrected chi connectivity index (χ1v) is 16.5. The van der Waals surface area contributed by atoms with Gasteiger partial charge in [0.15, 0.2) is 6.61 Å². The van der Waals surface area contributed by atoms with Crippen LogP contribution in [0.1, 0.15) is 103 Å². The van der Waals surface area contributed by atoms with Crippen LogP contribution in [0.3, 0.4) is 0 Å². The molecule has 5 rings (SSSR count). The fourth-order valence-corrected chi connectivity index (χ4v) is 6.06. The number of fused-ring (bicyclic) bond motifs is 2. The maximum absolute atomic E-state index is 13.0. The standard InChI is InChI=1S/C37H42N4O7/c1-37(2,3)21-33(44)40-18-16-25-11-12-27(20-26(25)22-40)48-23-32(43)38-17-8-6-4-5-7-9-24-10-13-28-29(19-24)36(47)41(35(28)46)30-14-15-31(42)39-34(30)45/h10-13,19-20,30H,4-6,8,14-18,21-23H2,1-3H3,(H,38,43)(H,39,42,45). The van der Waals surface area contributed by atoms with Gasteiger partial charge in [0.25, 0.3) is 17.7 Å². The van der Waals surface area contributed by atoms with E-state index in [9.17, 15) is 28.8 Å². The van der Waals surface area contributed by atoms with Crippen LogP contribution >= 0.6 is 0 Å². The second kappa shape index (κ2) is 14.8. The first kappa shape index (κ1) is 34.4. The minimum atomic E-state index is -1.000. The van der Waals surface area contributed by atoms with E-state index < -0.39 is 29.7 Å². The normalized spacial score (nSPS) is 17.3. The van der Waals surface area contributed by atoms with Crippen molar-refractivity contribution in [3.8, 4) is 17.6 Å². The van der Waals surface area contributed by atoms with Crippen LogP contribution in [0.4, 0.5) is 0 Å². The third kappa shape index (κ3) is 8.48. The van der Waals surface area contributed by atoms with Crippen LogP contribution in [0.25, 0.3) is 0 Å². The van der Waals surface area contributed by atoms with Gasteiger partial charge >= 0.3 is 0 Å². The summed E-state index contributed by atoms with van der Waals surface area (Å²) in [4.78, 5) is 77.4. The number of carbonyl (C=O) groups is 6. The average Bonchev–Trinajstić information content (AvgIpc) is 3.28. The van der Waals surface area contributed by atoms with Crippen molar-refractivity contribution in [1.82, 2.24) is 20.4 Å². The molecule has 0 spiro atoms. The molecule has 0 bridgehead atoms. The molecule has 252 valence electrons. The molecule has 48 heavy (non-hydrogen) atoms. The number of nitrogens with one attached hydrogen (secondary N) is 2. The third-order valence-corrected chi connectivity index (χ3v) is 8.57. The molecule has 0 aliphatic carbocycles. The first-order chi connectivity index (χ1) is 22.9. The Morgan fingerprint density at radius 2 is 1.75 bits per heavy atom. The summed E-state index contributed by atoms with van der Waals surface area (Å²) in [5.41, 5.74) is 3.22. The molecule has 3 heterocycles. The number of hydrogen-bond acceptors (Lipinski definition) is 7. The Morgan fingerprint density at radius 3 is 2.52 bits per heavy atom. The lowest BCUT2D eigenvalue weighted by molar-refractivity contribution is -0.136. The summed E-state index contributed by atoms with van der Waals surface area (Å²) in [6.07, 6.45) is 4.60. The Labute approximate surface area is 280 Å². The summed E-state index contributed by atoms with van der Waals surface area (Å²) in [6.45, 7) is 7.89. The van der Waals surface area contributed by atoms with Crippen LogP contribution in [0.2, 0.25) is 0 Å².